The number of hydrogen-bond acceptors (Lipinski definition) is 3. The van der Waals surface area contributed by atoms with Crippen LogP contribution in [0.25, 0.3) is 0 Å². The average Bonchev–Trinajstić information content (AvgIpc) is 2.15. The Morgan fingerprint density at radius 3 is 1.85 bits per heavy atom. The predicted octanol–water partition coefficient (Wildman–Crippen LogP) is 3.36. The van der Waals surface area contributed by atoms with Crippen LogP contribution in [0.2, 0.25) is 0 Å². The van der Waals surface area contributed by atoms with E-state index in [0.29, 0.717) is 0 Å². The molecule has 114 valence electrons. The highest BCUT2D eigenvalue weighted by atomic mass is 32.2. The second kappa shape index (κ2) is 4.95. The summed E-state index contributed by atoms with van der Waals surface area (Å²) in [4.78, 5) is 0. The highest BCUT2D eigenvalue weighted by Gasteiger charge is 2.25. The number of sulfonamides is 1. The molecule has 5 heteroatoms. The summed E-state index contributed by atoms with van der Waals surface area (Å²) in [5.41, 5.74) is 1.54. The number of hydrogen-bond donors (Lipinski definition) is 2. The van der Waals surface area contributed by atoms with Gasteiger partial charge in [0, 0.05) is 5.56 Å². The fourth-order valence-electron chi connectivity index (χ4n) is 1.92. The molecule has 0 saturated carbocycles. The Morgan fingerprint density at radius 1 is 1.00 bits per heavy atom. The Bertz CT molecular complexity index is 605. The van der Waals surface area contributed by atoms with Crippen molar-refractivity contribution in [2.24, 2.45) is 0 Å². The Hall–Kier alpha value is -1.23. The monoisotopic (exact) mass is 299 g/mol. The van der Waals surface area contributed by atoms with Crippen LogP contribution in [0.5, 0.6) is 5.75 Å². The highest BCUT2D eigenvalue weighted by molar-refractivity contribution is 7.92. The van der Waals surface area contributed by atoms with Gasteiger partial charge in [0.15, 0.2) is 0 Å². The Labute approximate surface area is 122 Å². The van der Waals surface area contributed by atoms with E-state index in [0.717, 1.165) is 17.4 Å². The lowest BCUT2D eigenvalue weighted by Crippen LogP contribution is -2.19. The lowest BCUT2D eigenvalue weighted by Gasteiger charge is -2.27. The third kappa shape index (κ3) is 4.13. The minimum Gasteiger partial charge on any atom is -0.505 e. The minimum absolute atomic E-state index is 0.00377. The number of anilines is 1. The summed E-state index contributed by atoms with van der Waals surface area (Å²) in [5, 5.41) is 10.4. The summed E-state index contributed by atoms with van der Waals surface area (Å²) >= 11 is 0. The first kappa shape index (κ1) is 16.8. The summed E-state index contributed by atoms with van der Waals surface area (Å²) < 4.78 is 25.3. The molecule has 0 aliphatic carbocycles. The lowest BCUT2D eigenvalue weighted by atomic mass is 9.80. The molecule has 0 bridgehead atoms. The van der Waals surface area contributed by atoms with Crippen molar-refractivity contribution in [2.75, 3.05) is 11.0 Å². The van der Waals surface area contributed by atoms with E-state index in [1.807, 2.05) is 26.8 Å². The molecule has 0 aliphatic heterocycles. The molecule has 20 heavy (non-hydrogen) atoms. The second-order valence-corrected chi connectivity index (χ2v) is 9.04. The second-order valence-electron chi connectivity index (χ2n) is 7.29. The van der Waals surface area contributed by atoms with Crippen LogP contribution in [0.1, 0.15) is 52.7 Å². The van der Waals surface area contributed by atoms with Gasteiger partial charge in [0.25, 0.3) is 0 Å². The molecule has 0 spiro atoms. The fraction of sp³-hybridized carbons (Fsp3) is 0.600. The third-order valence-corrected chi connectivity index (χ3v) is 3.67. The molecule has 0 saturated heterocycles. The smallest absolute Gasteiger partial charge is 0.229 e. The van der Waals surface area contributed by atoms with Crippen LogP contribution in [-0.2, 0) is 20.9 Å². The van der Waals surface area contributed by atoms with E-state index in [-0.39, 0.29) is 22.3 Å². The number of phenolic OH excluding ortho intramolecular Hbond substituents is 1. The van der Waals surface area contributed by atoms with Gasteiger partial charge < -0.3 is 5.11 Å². The predicted molar refractivity (Wildman–Crippen MR) is 84.0 cm³/mol. The van der Waals surface area contributed by atoms with Gasteiger partial charge in [-0.25, -0.2) is 8.42 Å². The molecule has 0 amide bonds. The first-order valence-corrected chi connectivity index (χ1v) is 8.47. The molecule has 1 rings (SSSR count). The standard InChI is InChI=1S/C15H25NO3S/c1-14(2,3)10-8-11(15(4,5)6)13(17)12(9-10)16-20(7,18)19/h8-9,16-17H,1-7H3. The van der Waals surface area contributed by atoms with Gasteiger partial charge in [-0.3, -0.25) is 4.72 Å². The SMILES string of the molecule is CC(C)(C)c1cc(NS(C)(=O)=O)c(O)c(C(C)(C)C)c1. The van der Waals surface area contributed by atoms with Crippen molar-refractivity contribution in [3.8, 4) is 5.75 Å². The molecule has 0 unspecified atom stereocenters. The summed E-state index contributed by atoms with van der Waals surface area (Å²) in [6.07, 6.45) is 1.08. The molecule has 0 heterocycles. The molecule has 0 fully saturated rings. The normalized spacial score (nSPS) is 13.3. The zero-order valence-corrected chi connectivity index (χ0v) is 14.1. The quantitative estimate of drug-likeness (QED) is 0.823. The number of nitrogens with one attached hydrogen (secondary N) is 1. The molecular formula is C15H25NO3S. The van der Waals surface area contributed by atoms with Crippen molar-refractivity contribution in [2.45, 2.75) is 52.4 Å². The summed E-state index contributed by atoms with van der Waals surface area (Å²) in [6, 6.07) is 3.65. The van der Waals surface area contributed by atoms with Crippen LogP contribution in [0, 0.1) is 0 Å². The number of rotatable bonds is 2. The van der Waals surface area contributed by atoms with Gasteiger partial charge in [0.1, 0.15) is 5.75 Å². The zero-order valence-electron chi connectivity index (χ0n) is 13.3. The van der Waals surface area contributed by atoms with Crippen molar-refractivity contribution < 1.29 is 13.5 Å². The van der Waals surface area contributed by atoms with E-state index < -0.39 is 10.0 Å². The topological polar surface area (TPSA) is 66.4 Å². The minimum atomic E-state index is -3.43. The number of benzene rings is 1. The van der Waals surface area contributed by atoms with Crippen LogP contribution in [-0.4, -0.2) is 19.8 Å². The molecule has 0 aliphatic rings. The summed E-state index contributed by atoms with van der Waals surface area (Å²) in [7, 11) is -3.43. The van der Waals surface area contributed by atoms with Gasteiger partial charge in [-0.05, 0) is 22.5 Å². The zero-order chi connectivity index (χ0) is 15.9. The van der Waals surface area contributed by atoms with E-state index in [4.69, 9.17) is 0 Å². The van der Waals surface area contributed by atoms with Crippen molar-refractivity contribution in [1.29, 1.82) is 0 Å². The van der Waals surface area contributed by atoms with Crippen molar-refractivity contribution in [3.05, 3.63) is 23.3 Å². The molecule has 2 N–H and O–H groups in total. The van der Waals surface area contributed by atoms with Crippen LogP contribution >= 0.6 is 0 Å². The van der Waals surface area contributed by atoms with Crippen molar-refractivity contribution in [1.82, 2.24) is 0 Å². The van der Waals surface area contributed by atoms with E-state index in [2.05, 4.69) is 25.5 Å². The first-order chi connectivity index (χ1) is 8.72. The Kier molecular flexibility index (Phi) is 4.16. The van der Waals surface area contributed by atoms with E-state index in [9.17, 15) is 13.5 Å². The molecule has 1 aromatic rings. The van der Waals surface area contributed by atoms with Gasteiger partial charge in [-0.1, -0.05) is 47.6 Å². The van der Waals surface area contributed by atoms with Gasteiger partial charge in [-0.2, -0.15) is 0 Å². The van der Waals surface area contributed by atoms with Crippen molar-refractivity contribution >= 4 is 15.7 Å². The molecule has 4 nitrogen and oxygen atoms in total. The summed E-state index contributed by atoms with van der Waals surface area (Å²) in [5.74, 6) is -0.00377. The average molecular weight is 299 g/mol. The first-order valence-electron chi connectivity index (χ1n) is 6.57. The lowest BCUT2D eigenvalue weighted by molar-refractivity contribution is 0.447. The highest BCUT2D eigenvalue weighted by Crippen LogP contribution is 2.40. The summed E-state index contributed by atoms with van der Waals surface area (Å²) in [6.45, 7) is 12.1. The van der Waals surface area contributed by atoms with Crippen LogP contribution in [0.3, 0.4) is 0 Å². The molecule has 0 radical (unpaired) electrons. The van der Waals surface area contributed by atoms with Gasteiger partial charge in [0.05, 0.1) is 11.9 Å². The van der Waals surface area contributed by atoms with Crippen LogP contribution in [0.15, 0.2) is 12.1 Å². The molecular weight excluding hydrogens is 274 g/mol. The largest absolute Gasteiger partial charge is 0.505 e. The van der Waals surface area contributed by atoms with Gasteiger partial charge >= 0.3 is 0 Å². The fourth-order valence-corrected chi connectivity index (χ4v) is 2.47. The Balaban J connectivity index is 3.60. The van der Waals surface area contributed by atoms with Gasteiger partial charge in [-0.15, -0.1) is 0 Å². The van der Waals surface area contributed by atoms with Crippen LogP contribution in [0.4, 0.5) is 5.69 Å². The maximum Gasteiger partial charge on any atom is 0.229 e. The maximum absolute atomic E-state index is 11.5. The van der Waals surface area contributed by atoms with E-state index in [1.165, 1.54) is 0 Å². The number of aromatic hydroxyl groups is 1. The van der Waals surface area contributed by atoms with E-state index in [1.54, 1.807) is 6.07 Å². The van der Waals surface area contributed by atoms with Gasteiger partial charge in [0.2, 0.25) is 10.0 Å². The molecule has 1 aromatic carbocycles. The van der Waals surface area contributed by atoms with Crippen molar-refractivity contribution in [3.63, 3.8) is 0 Å². The Morgan fingerprint density at radius 2 is 1.50 bits per heavy atom. The number of phenols is 1. The molecule has 0 atom stereocenters. The third-order valence-electron chi connectivity index (χ3n) is 3.08. The van der Waals surface area contributed by atoms with Crippen LogP contribution < -0.4 is 4.72 Å². The van der Waals surface area contributed by atoms with E-state index >= 15 is 0 Å². The maximum atomic E-state index is 11.5. The molecule has 0 aromatic heterocycles.